The molecule has 1 aromatic rings. The lowest BCUT2D eigenvalue weighted by atomic mass is 10.1. The van der Waals surface area contributed by atoms with E-state index in [9.17, 15) is 8.42 Å². The van der Waals surface area contributed by atoms with E-state index < -0.39 is 10.0 Å². The second-order valence-electron chi connectivity index (χ2n) is 4.83. The fourth-order valence-corrected chi connectivity index (χ4v) is 5.07. The van der Waals surface area contributed by atoms with Gasteiger partial charge in [0.05, 0.1) is 9.88 Å². The zero-order chi connectivity index (χ0) is 14.8. The standard InChI is InChI=1S/C13H18N2O2S3/c1-15(11-6-7-19-9-11)20(16,17)12-4-2-10(3-5-12)8-13(14)18/h2-5,11H,6-9H2,1H3,(H2,14,18). The number of thioether (sulfide) groups is 1. The normalized spacial score (nSPS) is 19.4. The van der Waals surface area contributed by atoms with Gasteiger partial charge in [-0.05, 0) is 29.9 Å². The van der Waals surface area contributed by atoms with Gasteiger partial charge in [0.2, 0.25) is 10.0 Å². The Morgan fingerprint density at radius 1 is 1.45 bits per heavy atom. The van der Waals surface area contributed by atoms with E-state index >= 15 is 0 Å². The van der Waals surface area contributed by atoms with E-state index in [2.05, 4.69) is 0 Å². The molecule has 0 aliphatic carbocycles. The van der Waals surface area contributed by atoms with Crippen LogP contribution < -0.4 is 5.73 Å². The fourth-order valence-electron chi connectivity index (χ4n) is 2.15. The van der Waals surface area contributed by atoms with Gasteiger partial charge in [-0.15, -0.1) is 0 Å². The van der Waals surface area contributed by atoms with Crippen LogP contribution in [0.5, 0.6) is 0 Å². The van der Waals surface area contributed by atoms with Crippen LogP contribution in [-0.4, -0.2) is 42.3 Å². The van der Waals surface area contributed by atoms with Gasteiger partial charge < -0.3 is 5.73 Å². The Balaban J connectivity index is 2.18. The molecule has 0 aromatic heterocycles. The van der Waals surface area contributed by atoms with Crippen molar-refractivity contribution in [2.24, 2.45) is 5.73 Å². The summed E-state index contributed by atoms with van der Waals surface area (Å²) in [5, 5.41) is 0. The number of rotatable bonds is 5. The molecule has 0 bridgehead atoms. The van der Waals surface area contributed by atoms with Crippen molar-refractivity contribution < 1.29 is 8.42 Å². The third kappa shape index (κ3) is 3.52. The molecule has 1 unspecified atom stereocenters. The largest absolute Gasteiger partial charge is 0.393 e. The minimum absolute atomic E-state index is 0.0984. The summed E-state index contributed by atoms with van der Waals surface area (Å²) in [6, 6.07) is 6.89. The van der Waals surface area contributed by atoms with E-state index in [1.807, 2.05) is 0 Å². The van der Waals surface area contributed by atoms with Crippen LogP contribution in [-0.2, 0) is 16.4 Å². The molecule has 4 nitrogen and oxygen atoms in total. The molecule has 0 spiro atoms. The van der Waals surface area contributed by atoms with Crippen molar-refractivity contribution in [3.63, 3.8) is 0 Å². The molecular formula is C13H18N2O2S3. The van der Waals surface area contributed by atoms with Crippen molar-refractivity contribution in [2.75, 3.05) is 18.6 Å². The highest BCUT2D eigenvalue weighted by molar-refractivity contribution is 7.99. The van der Waals surface area contributed by atoms with Gasteiger partial charge in [0.15, 0.2) is 0 Å². The molecule has 1 atom stereocenters. The summed E-state index contributed by atoms with van der Waals surface area (Å²) in [4.78, 5) is 0.726. The molecule has 1 heterocycles. The zero-order valence-corrected chi connectivity index (χ0v) is 13.7. The molecule has 2 N–H and O–H groups in total. The molecular weight excluding hydrogens is 312 g/mol. The van der Waals surface area contributed by atoms with Gasteiger partial charge in [-0.1, -0.05) is 24.4 Å². The first-order chi connectivity index (χ1) is 9.41. The zero-order valence-electron chi connectivity index (χ0n) is 11.3. The lowest BCUT2D eigenvalue weighted by molar-refractivity contribution is 0.394. The average molecular weight is 331 g/mol. The van der Waals surface area contributed by atoms with Gasteiger partial charge in [0.25, 0.3) is 0 Å². The number of nitrogens with two attached hydrogens (primary N) is 1. The molecule has 1 aliphatic heterocycles. The van der Waals surface area contributed by atoms with Crippen molar-refractivity contribution in [1.82, 2.24) is 4.31 Å². The molecule has 0 saturated carbocycles. The maximum Gasteiger partial charge on any atom is 0.243 e. The summed E-state index contributed by atoms with van der Waals surface area (Å²) in [7, 11) is -1.75. The van der Waals surface area contributed by atoms with E-state index in [-0.39, 0.29) is 6.04 Å². The second-order valence-corrected chi connectivity index (χ2v) is 8.50. The average Bonchev–Trinajstić information content (AvgIpc) is 2.91. The van der Waals surface area contributed by atoms with E-state index in [4.69, 9.17) is 18.0 Å². The van der Waals surface area contributed by atoms with Crippen LogP contribution in [0.15, 0.2) is 29.2 Å². The monoisotopic (exact) mass is 330 g/mol. The maximum atomic E-state index is 12.5. The summed E-state index contributed by atoms with van der Waals surface area (Å²) >= 11 is 6.64. The first-order valence-corrected chi connectivity index (χ1v) is 9.34. The molecule has 20 heavy (non-hydrogen) atoms. The predicted molar refractivity (Wildman–Crippen MR) is 87.6 cm³/mol. The third-order valence-corrected chi connectivity index (χ3v) is 6.61. The summed E-state index contributed by atoms with van der Waals surface area (Å²) in [6.07, 6.45) is 1.41. The Bertz CT molecular complexity index is 578. The molecule has 0 amide bonds. The maximum absolute atomic E-state index is 12.5. The topological polar surface area (TPSA) is 63.4 Å². The van der Waals surface area contributed by atoms with E-state index in [1.165, 1.54) is 4.31 Å². The van der Waals surface area contributed by atoms with Crippen molar-refractivity contribution in [3.8, 4) is 0 Å². The SMILES string of the molecule is CN(C1CCSC1)S(=O)(=O)c1ccc(CC(N)=S)cc1. The number of sulfonamides is 1. The van der Waals surface area contributed by atoms with Gasteiger partial charge in [0, 0.05) is 25.3 Å². The van der Waals surface area contributed by atoms with E-state index in [0.717, 1.165) is 23.5 Å². The first kappa shape index (κ1) is 15.8. The first-order valence-electron chi connectivity index (χ1n) is 6.34. The van der Waals surface area contributed by atoms with E-state index in [1.54, 1.807) is 43.1 Å². The predicted octanol–water partition coefficient (Wildman–Crippen LogP) is 1.64. The Hall–Kier alpha value is -0.630. The van der Waals surface area contributed by atoms with Crippen LogP contribution in [0.3, 0.4) is 0 Å². The lowest BCUT2D eigenvalue weighted by Gasteiger charge is -2.23. The molecule has 1 fully saturated rings. The molecule has 1 saturated heterocycles. The second kappa shape index (κ2) is 6.43. The van der Waals surface area contributed by atoms with Crippen LogP contribution in [0.1, 0.15) is 12.0 Å². The summed E-state index contributed by atoms with van der Waals surface area (Å²) in [5.74, 6) is 1.90. The Kier molecular flexibility index (Phi) is 5.06. The highest BCUT2D eigenvalue weighted by Gasteiger charge is 2.30. The minimum atomic E-state index is -3.41. The minimum Gasteiger partial charge on any atom is -0.393 e. The molecule has 2 rings (SSSR count). The molecule has 110 valence electrons. The van der Waals surface area contributed by atoms with Crippen LogP contribution in [0.2, 0.25) is 0 Å². The Labute approximate surface area is 129 Å². The summed E-state index contributed by atoms with van der Waals surface area (Å²) in [6.45, 7) is 0. The lowest BCUT2D eigenvalue weighted by Crippen LogP contribution is -2.36. The Morgan fingerprint density at radius 2 is 2.10 bits per heavy atom. The number of benzene rings is 1. The fraction of sp³-hybridized carbons (Fsp3) is 0.462. The van der Waals surface area contributed by atoms with E-state index in [0.29, 0.717) is 16.3 Å². The highest BCUT2D eigenvalue weighted by atomic mass is 32.2. The van der Waals surface area contributed by atoms with Crippen LogP contribution >= 0.6 is 24.0 Å². The number of hydrogen-bond acceptors (Lipinski definition) is 4. The molecule has 0 radical (unpaired) electrons. The van der Waals surface area contributed by atoms with Gasteiger partial charge in [0.1, 0.15) is 0 Å². The van der Waals surface area contributed by atoms with Crippen molar-refractivity contribution in [1.29, 1.82) is 0 Å². The van der Waals surface area contributed by atoms with Crippen molar-refractivity contribution >= 4 is 39.0 Å². The van der Waals surface area contributed by atoms with Crippen molar-refractivity contribution in [2.45, 2.75) is 23.8 Å². The van der Waals surface area contributed by atoms with Crippen molar-refractivity contribution in [3.05, 3.63) is 29.8 Å². The molecule has 1 aromatic carbocycles. The highest BCUT2D eigenvalue weighted by Crippen LogP contribution is 2.26. The Morgan fingerprint density at radius 3 is 2.60 bits per heavy atom. The quantitative estimate of drug-likeness (QED) is 0.832. The van der Waals surface area contributed by atoms with Crippen LogP contribution in [0.4, 0.5) is 0 Å². The number of nitrogens with zero attached hydrogens (tertiary/aromatic N) is 1. The van der Waals surface area contributed by atoms with Gasteiger partial charge in [-0.3, -0.25) is 0 Å². The summed E-state index contributed by atoms with van der Waals surface area (Å²) < 4.78 is 26.5. The van der Waals surface area contributed by atoms with Gasteiger partial charge >= 0.3 is 0 Å². The van der Waals surface area contributed by atoms with Gasteiger partial charge in [-0.2, -0.15) is 16.1 Å². The van der Waals surface area contributed by atoms with Gasteiger partial charge in [-0.25, -0.2) is 8.42 Å². The third-order valence-electron chi connectivity index (χ3n) is 3.40. The molecule has 1 aliphatic rings. The number of hydrogen-bond donors (Lipinski definition) is 1. The van der Waals surface area contributed by atoms with Crippen LogP contribution in [0, 0.1) is 0 Å². The van der Waals surface area contributed by atoms with Crippen LogP contribution in [0.25, 0.3) is 0 Å². The summed E-state index contributed by atoms with van der Waals surface area (Å²) in [5.41, 5.74) is 6.41. The smallest absolute Gasteiger partial charge is 0.243 e. The molecule has 7 heteroatoms. The number of thiocarbonyl (C=S) groups is 1.